The molecule has 1 saturated heterocycles. The molecule has 1 aromatic heterocycles. The Hall–Kier alpha value is -1.38. The second-order valence-electron chi connectivity index (χ2n) is 6.60. The van der Waals surface area contributed by atoms with Crippen LogP contribution in [0.25, 0.3) is 11.1 Å². The lowest BCUT2D eigenvalue weighted by Gasteiger charge is -2.32. The van der Waals surface area contributed by atoms with Gasteiger partial charge in [0.05, 0.1) is 10.7 Å². The van der Waals surface area contributed by atoms with E-state index < -0.39 is 0 Å². The van der Waals surface area contributed by atoms with Gasteiger partial charge in [0.1, 0.15) is 5.75 Å². The number of hydrogen-bond donors (Lipinski definition) is 0. The second-order valence-corrected chi connectivity index (χ2v) is 7.76. The second kappa shape index (κ2) is 7.88. The molecule has 1 fully saturated rings. The van der Waals surface area contributed by atoms with Crippen LogP contribution < -0.4 is 10.3 Å². The molecule has 0 saturated carbocycles. The van der Waals surface area contributed by atoms with Crippen LogP contribution in [0.1, 0.15) is 5.56 Å². The van der Waals surface area contributed by atoms with Crippen LogP contribution in [0.4, 0.5) is 0 Å². The van der Waals surface area contributed by atoms with E-state index in [2.05, 4.69) is 57.6 Å². The van der Waals surface area contributed by atoms with Gasteiger partial charge in [0.2, 0.25) is 0 Å². The van der Waals surface area contributed by atoms with Crippen LogP contribution in [0.2, 0.25) is 0 Å². The first-order valence-corrected chi connectivity index (χ1v) is 9.50. The van der Waals surface area contributed by atoms with Gasteiger partial charge in [0, 0.05) is 51.5 Å². The molecule has 0 N–H and O–H groups in total. The third-order valence-electron chi connectivity index (χ3n) is 4.75. The Morgan fingerprint density at radius 3 is 2.44 bits per heavy atom. The zero-order valence-electron chi connectivity index (χ0n) is 15.0. The summed E-state index contributed by atoms with van der Waals surface area (Å²) in [6.45, 7) is 5.29. The number of pyridine rings is 1. The van der Waals surface area contributed by atoms with E-state index in [1.54, 1.807) is 18.7 Å². The number of halogens is 1. The molecule has 0 radical (unpaired) electrons. The highest BCUT2D eigenvalue weighted by molar-refractivity contribution is 14.1. The molecule has 134 valence electrons. The summed E-state index contributed by atoms with van der Waals surface area (Å²) in [5.74, 6) is 0.903. The van der Waals surface area contributed by atoms with Gasteiger partial charge >= 0.3 is 0 Å². The van der Waals surface area contributed by atoms with Crippen molar-refractivity contribution in [2.24, 2.45) is 7.05 Å². The predicted molar refractivity (Wildman–Crippen MR) is 109 cm³/mol. The van der Waals surface area contributed by atoms with Gasteiger partial charge in [-0.3, -0.25) is 9.69 Å². The molecule has 0 amide bonds. The average molecular weight is 453 g/mol. The van der Waals surface area contributed by atoms with Crippen LogP contribution in [-0.2, 0) is 13.6 Å². The summed E-state index contributed by atoms with van der Waals surface area (Å²) in [6.07, 6.45) is 1.87. The van der Waals surface area contributed by atoms with Crippen molar-refractivity contribution in [2.45, 2.75) is 6.54 Å². The Morgan fingerprint density at radius 1 is 1.08 bits per heavy atom. The summed E-state index contributed by atoms with van der Waals surface area (Å²) in [6, 6.07) is 8.26. The lowest BCUT2D eigenvalue weighted by Crippen LogP contribution is -2.43. The minimum atomic E-state index is 0.0306. The maximum atomic E-state index is 11.9. The van der Waals surface area contributed by atoms with E-state index in [0.717, 1.165) is 53.2 Å². The number of methoxy groups -OCH3 is 1. The molecule has 1 aromatic carbocycles. The molecule has 0 atom stereocenters. The Balaban J connectivity index is 1.86. The van der Waals surface area contributed by atoms with Gasteiger partial charge in [-0.15, -0.1) is 0 Å². The molecule has 2 aromatic rings. The number of nitrogens with zero attached hydrogens (tertiary/aromatic N) is 3. The van der Waals surface area contributed by atoms with Crippen molar-refractivity contribution in [1.29, 1.82) is 0 Å². The molecule has 0 spiro atoms. The molecule has 0 aliphatic carbocycles. The fraction of sp³-hybridized carbons (Fsp3) is 0.421. The first-order valence-electron chi connectivity index (χ1n) is 8.42. The molecule has 2 heterocycles. The Morgan fingerprint density at radius 2 is 1.80 bits per heavy atom. The van der Waals surface area contributed by atoms with Gasteiger partial charge < -0.3 is 14.2 Å². The molecule has 1 aliphatic rings. The molecular formula is C19H24IN3O2. The van der Waals surface area contributed by atoms with E-state index in [-0.39, 0.29) is 5.56 Å². The van der Waals surface area contributed by atoms with E-state index >= 15 is 0 Å². The van der Waals surface area contributed by atoms with Crippen LogP contribution in [0.5, 0.6) is 5.75 Å². The van der Waals surface area contributed by atoms with Gasteiger partial charge in [-0.1, -0.05) is 12.1 Å². The molecule has 6 heteroatoms. The van der Waals surface area contributed by atoms with Crippen LogP contribution in [-0.4, -0.2) is 54.7 Å². The summed E-state index contributed by atoms with van der Waals surface area (Å²) < 4.78 is 7.99. The topological polar surface area (TPSA) is 37.7 Å². The maximum absolute atomic E-state index is 11.9. The van der Waals surface area contributed by atoms with E-state index in [4.69, 9.17) is 4.74 Å². The van der Waals surface area contributed by atoms with E-state index in [1.807, 2.05) is 12.3 Å². The van der Waals surface area contributed by atoms with Gasteiger partial charge in [-0.25, -0.2) is 0 Å². The van der Waals surface area contributed by atoms with Crippen LogP contribution in [0.3, 0.4) is 0 Å². The van der Waals surface area contributed by atoms with Crippen molar-refractivity contribution < 1.29 is 4.74 Å². The summed E-state index contributed by atoms with van der Waals surface area (Å²) in [7, 11) is 5.67. The standard InChI is InChI=1S/C19H24IN3O2/c1-21-6-8-23(9-7-21)13-15-5-4-14(11-18(15)25-3)16-10-17(20)19(24)22(2)12-16/h4-5,10-12H,6-9,13H2,1-3H3. The lowest BCUT2D eigenvalue weighted by atomic mass is 10.0. The van der Waals surface area contributed by atoms with Crippen molar-refractivity contribution in [1.82, 2.24) is 14.4 Å². The first-order chi connectivity index (χ1) is 12.0. The van der Waals surface area contributed by atoms with Crippen LogP contribution >= 0.6 is 22.6 Å². The number of ether oxygens (including phenoxy) is 1. The molecule has 5 nitrogen and oxygen atoms in total. The molecule has 0 bridgehead atoms. The van der Waals surface area contributed by atoms with E-state index in [1.165, 1.54) is 5.56 Å². The summed E-state index contributed by atoms with van der Waals surface area (Å²) >= 11 is 2.09. The summed E-state index contributed by atoms with van der Waals surface area (Å²) in [5.41, 5.74) is 3.32. The molecular weight excluding hydrogens is 429 g/mol. The van der Waals surface area contributed by atoms with Gasteiger partial charge in [0.15, 0.2) is 0 Å². The zero-order valence-corrected chi connectivity index (χ0v) is 17.1. The highest BCUT2D eigenvalue weighted by atomic mass is 127. The predicted octanol–water partition coefficient (Wildman–Crippen LogP) is 2.41. The number of hydrogen-bond acceptors (Lipinski definition) is 4. The number of rotatable bonds is 4. The number of aromatic nitrogens is 1. The quantitative estimate of drug-likeness (QED) is 0.667. The highest BCUT2D eigenvalue weighted by Crippen LogP contribution is 2.28. The fourth-order valence-corrected chi connectivity index (χ4v) is 3.85. The largest absolute Gasteiger partial charge is 0.496 e. The zero-order chi connectivity index (χ0) is 18.0. The molecule has 0 unspecified atom stereocenters. The monoisotopic (exact) mass is 453 g/mol. The van der Waals surface area contributed by atoms with E-state index in [0.29, 0.717) is 0 Å². The summed E-state index contributed by atoms with van der Waals surface area (Å²) in [4.78, 5) is 16.7. The van der Waals surface area contributed by atoms with Crippen molar-refractivity contribution in [3.63, 3.8) is 0 Å². The van der Waals surface area contributed by atoms with Crippen LogP contribution in [0, 0.1) is 3.57 Å². The molecule has 3 rings (SSSR count). The maximum Gasteiger partial charge on any atom is 0.263 e. The van der Waals surface area contributed by atoms with Crippen molar-refractivity contribution >= 4 is 22.6 Å². The SMILES string of the molecule is COc1cc(-c2cc(I)c(=O)n(C)c2)ccc1CN1CCN(C)CC1. The van der Waals surface area contributed by atoms with Crippen molar-refractivity contribution in [2.75, 3.05) is 40.3 Å². The third-order valence-corrected chi connectivity index (χ3v) is 5.52. The number of benzene rings is 1. The number of piperazine rings is 1. The minimum absolute atomic E-state index is 0.0306. The smallest absolute Gasteiger partial charge is 0.263 e. The Bertz CT molecular complexity index is 785. The number of aryl methyl sites for hydroxylation is 1. The van der Waals surface area contributed by atoms with Gasteiger partial charge in [-0.05, 0) is 52.9 Å². The fourth-order valence-electron chi connectivity index (χ4n) is 3.13. The van der Waals surface area contributed by atoms with Gasteiger partial charge in [0.25, 0.3) is 5.56 Å². The normalized spacial score (nSPS) is 16.2. The Labute approximate surface area is 162 Å². The number of likely N-dealkylation sites (N-methyl/N-ethyl adjacent to an activating group) is 1. The first kappa shape index (κ1) is 18.4. The van der Waals surface area contributed by atoms with Gasteiger partial charge in [-0.2, -0.15) is 0 Å². The lowest BCUT2D eigenvalue weighted by molar-refractivity contribution is 0.147. The van der Waals surface area contributed by atoms with Crippen molar-refractivity contribution in [3.05, 3.63) is 49.9 Å². The highest BCUT2D eigenvalue weighted by Gasteiger charge is 2.16. The summed E-state index contributed by atoms with van der Waals surface area (Å²) in [5, 5.41) is 0. The average Bonchev–Trinajstić information content (AvgIpc) is 2.61. The van der Waals surface area contributed by atoms with E-state index in [9.17, 15) is 4.79 Å². The molecule has 25 heavy (non-hydrogen) atoms. The van der Waals surface area contributed by atoms with Crippen molar-refractivity contribution in [3.8, 4) is 16.9 Å². The Kier molecular flexibility index (Phi) is 5.81. The third kappa shape index (κ3) is 4.24. The van der Waals surface area contributed by atoms with Crippen LogP contribution in [0.15, 0.2) is 35.3 Å². The molecule has 1 aliphatic heterocycles. The minimum Gasteiger partial charge on any atom is -0.496 e.